The highest BCUT2D eigenvalue weighted by Crippen LogP contribution is 2.28. The van der Waals surface area contributed by atoms with Crippen LogP contribution in [-0.2, 0) is 4.79 Å². The lowest BCUT2D eigenvalue weighted by atomic mass is 9.75. The topological polar surface area (TPSA) is 29.1 Å². The number of carbonyl (C=O) groups is 1. The largest absolute Gasteiger partial charge is 0.316 e. The van der Waals surface area contributed by atoms with Crippen molar-refractivity contribution in [3.8, 4) is 0 Å². The Labute approximate surface area is 82.1 Å². The number of rotatable bonds is 4. The molecule has 0 saturated heterocycles. The summed E-state index contributed by atoms with van der Waals surface area (Å²) in [7, 11) is 0. The van der Waals surface area contributed by atoms with Gasteiger partial charge >= 0.3 is 0 Å². The Morgan fingerprint density at radius 1 is 1.15 bits per heavy atom. The van der Waals surface area contributed by atoms with E-state index >= 15 is 0 Å². The second kappa shape index (κ2) is 4.23. The lowest BCUT2D eigenvalue weighted by Crippen LogP contribution is -2.42. The summed E-state index contributed by atoms with van der Waals surface area (Å²) >= 11 is 0. The standard InChI is InChI=1S/C11H23NO/c1-7-12-8-11(5,6)9(13)10(2,3)4/h12H,7-8H2,1-6H3. The van der Waals surface area contributed by atoms with Gasteiger partial charge in [-0.15, -0.1) is 0 Å². The van der Waals surface area contributed by atoms with Gasteiger partial charge in [0.2, 0.25) is 0 Å². The van der Waals surface area contributed by atoms with Crippen LogP contribution in [0.3, 0.4) is 0 Å². The Hall–Kier alpha value is -0.370. The zero-order valence-corrected chi connectivity index (χ0v) is 9.82. The van der Waals surface area contributed by atoms with Gasteiger partial charge in [-0.1, -0.05) is 41.5 Å². The Balaban J connectivity index is 4.36. The van der Waals surface area contributed by atoms with E-state index in [0.29, 0.717) is 5.78 Å². The fourth-order valence-electron chi connectivity index (χ4n) is 1.53. The monoisotopic (exact) mass is 185 g/mol. The van der Waals surface area contributed by atoms with E-state index in [-0.39, 0.29) is 10.8 Å². The fraction of sp³-hybridized carbons (Fsp3) is 0.909. The minimum atomic E-state index is -0.256. The predicted molar refractivity (Wildman–Crippen MR) is 56.8 cm³/mol. The third-order valence-corrected chi connectivity index (χ3v) is 2.11. The number of nitrogens with one attached hydrogen (secondary N) is 1. The van der Waals surface area contributed by atoms with E-state index in [1.165, 1.54) is 0 Å². The second-order valence-electron chi connectivity index (χ2n) is 5.24. The van der Waals surface area contributed by atoms with E-state index in [1.54, 1.807) is 0 Å². The molecule has 0 radical (unpaired) electrons. The highest BCUT2D eigenvalue weighted by Gasteiger charge is 2.35. The van der Waals surface area contributed by atoms with E-state index in [9.17, 15) is 4.79 Å². The summed E-state index contributed by atoms with van der Waals surface area (Å²) in [5.74, 6) is 0.320. The highest BCUT2D eigenvalue weighted by molar-refractivity contribution is 5.88. The van der Waals surface area contributed by atoms with Gasteiger partial charge in [-0.2, -0.15) is 0 Å². The van der Waals surface area contributed by atoms with Crippen LogP contribution < -0.4 is 5.32 Å². The van der Waals surface area contributed by atoms with Crippen LogP contribution in [0.4, 0.5) is 0 Å². The molecule has 0 atom stereocenters. The van der Waals surface area contributed by atoms with Crippen molar-refractivity contribution in [3.63, 3.8) is 0 Å². The summed E-state index contributed by atoms with van der Waals surface area (Å²) in [6.45, 7) is 13.7. The summed E-state index contributed by atoms with van der Waals surface area (Å²) in [5.41, 5.74) is -0.493. The van der Waals surface area contributed by atoms with Gasteiger partial charge in [0.15, 0.2) is 0 Å². The summed E-state index contributed by atoms with van der Waals surface area (Å²) in [5, 5.41) is 3.22. The summed E-state index contributed by atoms with van der Waals surface area (Å²) in [6, 6.07) is 0. The van der Waals surface area contributed by atoms with E-state index in [0.717, 1.165) is 13.1 Å². The maximum absolute atomic E-state index is 12.0. The quantitative estimate of drug-likeness (QED) is 0.727. The molecule has 0 aromatic carbocycles. The van der Waals surface area contributed by atoms with Crippen LogP contribution in [0.15, 0.2) is 0 Å². The molecule has 0 saturated carbocycles. The SMILES string of the molecule is CCNCC(C)(C)C(=O)C(C)(C)C. The van der Waals surface area contributed by atoms with E-state index in [2.05, 4.69) is 12.2 Å². The van der Waals surface area contributed by atoms with Crippen LogP contribution in [0.25, 0.3) is 0 Å². The molecule has 0 heterocycles. The lowest BCUT2D eigenvalue weighted by molar-refractivity contribution is -0.134. The van der Waals surface area contributed by atoms with Gasteiger partial charge in [0.05, 0.1) is 0 Å². The number of ketones is 1. The third-order valence-electron chi connectivity index (χ3n) is 2.11. The van der Waals surface area contributed by atoms with Crippen molar-refractivity contribution in [1.82, 2.24) is 5.32 Å². The van der Waals surface area contributed by atoms with Crippen molar-refractivity contribution in [2.24, 2.45) is 10.8 Å². The van der Waals surface area contributed by atoms with Crippen molar-refractivity contribution in [2.75, 3.05) is 13.1 Å². The van der Waals surface area contributed by atoms with Crippen molar-refractivity contribution in [3.05, 3.63) is 0 Å². The highest BCUT2D eigenvalue weighted by atomic mass is 16.1. The van der Waals surface area contributed by atoms with Gasteiger partial charge in [0.25, 0.3) is 0 Å². The van der Waals surface area contributed by atoms with Crippen LogP contribution in [0.1, 0.15) is 41.5 Å². The Kier molecular flexibility index (Phi) is 4.11. The molecular weight excluding hydrogens is 162 g/mol. The van der Waals surface area contributed by atoms with Crippen molar-refractivity contribution in [2.45, 2.75) is 41.5 Å². The van der Waals surface area contributed by atoms with Gasteiger partial charge in [-0.3, -0.25) is 4.79 Å². The van der Waals surface area contributed by atoms with Crippen LogP contribution >= 0.6 is 0 Å². The summed E-state index contributed by atoms with van der Waals surface area (Å²) in [6.07, 6.45) is 0. The molecule has 2 heteroatoms. The molecule has 0 aromatic rings. The number of hydrogen-bond acceptors (Lipinski definition) is 2. The zero-order chi connectivity index (χ0) is 10.7. The molecule has 78 valence electrons. The minimum Gasteiger partial charge on any atom is -0.316 e. The van der Waals surface area contributed by atoms with Crippen LogP contribution in [-0.4, -0.2) is 18.9 Å². The Bertz CT molecular complexity index is 177. The Morgan fingerprint density at radius 2 is 1.62 bits per heavy atom. The average molecular weight is 185 g/mol. The molecule has 0 spiro atoms. The number of hydrogen-bond donors (Lipinski definition) is 1. The molecule has 1 N–H and O–H groups in total. The lowest BCUT2D eigenvalue weighted by Gasteiger charge is -2.30. The second-order valence-corrected chi connectivity index (χ2v) is 5.24. The average Bonchev–Trinajstić information content (AvgIpc) is 1.98. The smallest absolute Gasteiger partial charge is 0.145 e. The predicted octanol–water partition coefficient (Wildman–Crippen LogP) is 2.24. The summed E-state index contributed by atoms with van der Waals surface area (Å²) < 4.78 is 0. The molecule has 0 fully saturated rings. The molecule has 0 aliphatic carbocycles. The number of Topliss-reactive ketones (excluding diaryl/α,β-unsaturated/α-hetero) is 1. The van der Waals surface area contributed by atoms with Gasteiger partial charge in [0.1, 0.15) is 5.78 Å². The molecule has 13 heavy (non-hydrogen) atoms. The molecule has 0 rings (SSSR count). The van der Waals surface area contributed by atoms with E-state index < -0.39 is 0 Å². The zero-order valence-electron chi connectivity index (χ0n) is 9.82. The first-order valence-corrected chi connectivity index (χ1v) is 4.97. The Morgan fingerprint density at radius 3 is 1.92 bits per heavy atom. The van der Waals surface area contributed by atoms with Crippen molar-refractivity contribution in [1.29, 1.82) is 0 Å². The molecule has 0 unspecified atom stereocenters. The maximum atomic E-state index is 12.0. The number of carbonyl (C=O) groups excluding carboxylic acids is 1. The van der Waals surface area contributed by atoms with Gasteiger partial charge in [-0.25, -0.2) is 0 Å². The van der Waals surface area contributed by atoms with Gasteiger partial charge in [-0.05, 0) is 6.54 Å². The molecule has 0 aliphatic rings. The van der Waals surface area contributed by atoms with E-state index in [1.807, 2.05) is 34.6 Å². The maximum Gasteiger partial charge on any atom is 0.145 e. The fourth-order valence-corrected chi connectivity index (χ4v) is 1.53. The first-order chi connectivity index (χ1) is 5.72. The first-order valence-electron chi connectivity index (χ1n) is 4.97. The van der Waals surface area contributed by atoms with E-state index in [4.69, 9.17) is 0 Å². The first kappa shape index (κ1) is 12.6. The van der Waals surface area contributed by atoms with Gasteiger partial charge < -0.3 is 5.32 Å². The molecule has 0 bridgehead atoms. The molecule has 0 aliphatic heterocycles. The minimum absolute atomic E-state index is 0.237. The van der Waals surface area contributed by atoms with Crippen LogP contribution in [0.5, 0.6) is 0 Å². The van der Waals surface area contributed by atoms with Crippen molar-refractivity contribution >= 4 is 5.78 Å². The molecule has 0 amide bonds. The molecule has 2 nitrogen and oxygen atoms in total. The summed E-state index contributed by atoms with van der Waals surface area (Å²) in [4.78, 5) is 12.0. The van der Waals surface area contributed by atoms with Crippen LogP contribution in [0, 0.1) is 10.8 Å². The molecule has 0 aromatic heterocycles. The van der Waals surface area contributed by atoms with Gasteiger partial charge in [0, 0.05) is 17.4 Å². The van der Waals surface area contributed by atoms with Crippen molar-refractivity contribution < 1.29 is 4.79 Å². The third kappa shape index (κ3) is 3.90. The molecular formula is C11H23NO. The normalized spacial score (nSPS) is 13.1. The van der Waals surface area contributed by atoms with Crippen LogP contribution in [0.2, 0.25) is 0 Å².